The minimum atomic E-state index is -1.17. The Hall–Kier alpha value is -5.39. The van der Waals surface area contributed by atoms with Crippen LogP contribution in [0.5, 0.6) is 5.75 Å². The Bertz CT molecular complexity index is 1760. The van der Waals surface area contributed by atoms with Crippen molar-refractivity contribution in [2.24, 2.45) is 0 Å². The first-order chi connectivity index (χ1) is 21.3. The summed E-state index contributed by atoms with van der Waals surface area (Å²) in [5, 5.41) is 26.9. The number of thiazole rings is 1. The predicted octanol–water partition coefficient (Wildman–Crippen LogP) is 5.20. The molecule has 1 aliphatic rings. The molecule has 3 amide bonds. The van der Waals surface area contributed by atoms with Crippen LogP contribution in [0.4, 0.5) is 20.7 Å². The maximum atomic E-state index is 14.2. The summed E-state index contributed by atoms with van der Waals surface area (Å²) in [6, 6.07) is 13.3. The molecule has 2 aromatic heterocycles. The van der Waals surface area contributed by atoms with E-state index in [1.807, 2.05) is 0 Å². The number of anilines is 2. The van der Waals surface area contributed by atoms with Gasteiger partial charge in [-0.05, 0) is 48.7 Å². The summed E-state index contributed by atoms with van der Waals surface area (Å²) < 4.78 is 24.7. The van der Waals surface area contributed by atoms with E-state index in [4.69, 9.17) is 9.47 Å². The minimum Gasteiger partial charge on any atom is -0.467 e. The van der Waals surface area contributed by atoms with Crippen LogP contribution in [-0.4, -0.2) is 64.4 Å². The smallest absolute Gasteiger partial charge is 0.407 e. The zero-order chi connectivity index (χ0) is 31.2. The van der Waals surface area contributed by atoms with E-state index >= 15 is 0 Å². The fraction of sp³-hybridized carbons (Fsp3) is 0.200. The lowest BCUT2D eigenvalue weighted by Crippen LogP contribution is -2.42. The van der Waals surface area contributed by atoms with Crippen molar-refractivity contribution in [3.05, 3.63) is 76.5 Å². The number of carbonyl (C=O) groups excluding carboxylic acids is 2. The van der Waals surface area contributed by atoms with Crippen LogP contribution in [0.3, 0.4) is 0 Å². The average Bonchev–Trinajstić information content (AvgIpc) is 3.73. The predicted molar refractivity (Wildman–Crippen MR) is 159 cm³/mol. The maximum absolute atomic E-state index is 14.2. The second kappa shape index (κ2) is 13.3. The van der Waals surface area contributed by atoms with Crippen LogP contribution < -0.4 is 15.4 Å². The van der Waals surface area contributed by atoms with Crippen LogP contribution in [-0.2, 0) is 9.53 Å². The summed E-state index contributed by atoms with van der Waals surface area (Å²) in [5.41, 5.74) is 1.83. The van der Waals surface area contributed by atoms with Crippen LogP contribution in [0.25, 0.3) is 22.4 Å². The molecule has 1 atom stereocenters. The molecular weight excluding hydrogens is 591 g/mol. The number of ether oxygens (including phenoxy) is 2. The van der Waals surface area contributed by atoms with E-state index in [9.17, 15) is 29.1 Å². The molecule has 0 aliphatic carbocycles. The third-order valence-electron chi connectivity index (χ3n) is 6.78. The van der Waals surface area contributed by atoms with E-state index in [0.717, 1.165) is 16.2 Å². The van der Waals surface area contributed by atoms with Gasteiger partial charge in [-0.1, -0.05) is 12.1 Å². The van der Waals surface area contributed by atoms with E-state index in [1.54, 1.807) is 35.7 Å². The van der Waals surface area contributed by atoms with Crippen molar-refractivity contribution in [2.75, 3.05) is 31.1 Å². The number of carboxylic acid groups (broad SMARTS) is 1. The molecule has 0 radical (unpaired) electrons. The van der Waals surface area contributed by atoms with Gasteiger partial charge < -0.3 is 25.2 Å². The Morgan fingerprint density at radius 3 is 2.75 bits per heavy atom. The van der Waals surface area contributed by atoms with Crippen LogP contribution in [0.2, 0.25) is 0 Å². The van der Waals surface area contributed by atoms with Crippen LogP contribution >= 0.6 is 11.3 Å². The number of carbonyl (C=O) groups is 3. The van der Waals surface area contributed by atoms with Crippen LogP contribution in [0.1, 0.15) is 28.2 Å². The summed E-state index contributed by atoms with van der Waals surface area (Å²) in [6.07, 6.45) is 1.28. The van der Waals surface area contributed by atoms with Gasteiger partial charge in [0.15, 0.2) is 17.6 Å². The van der Waals surface area contributed by atoms with E-state index in [2.05, 4.69) is 26.7 Å². The van der Waals surface area contributed by atoms with E-state index in [-0.39, 0.29) is 41.2 Å². The third kappa shape index (κ3) is 6.48. The standard InChI is InChI=1S/C30H25FN6O6S/c1-42-16-43-25-13-18(31)7-8-20(25)23-14-21(22(15-32)26(35-23)36-28(39)29-33-9-11-44-29)17-4-2-5-19(12-17)34-27(38)24-6-3-10-37(24)30(40)41/h2,4-5,7-9,11-14,24H,3,6,10,16H2,1H3,(H,34,38)(H,40,41)(H,35,36,39)/t24-/m1/s1. The first-order valence-corrected chi connectivity index (χ1v) is 14.2. The van der Waals surface area contributed by atoms with Crippen molar-refractivity contribution >= 4 is 40.7 Å². The zero-order valence-corrected chi connectivity index (χ0v) is 24.1. The van der Waals surface area contributed by atoms with E-state index in [1.165, 1.54) is 31.5 Å². The Morgan fingerprint density at radius 2 is 2.02 bits per heavy atom. The van der Waals surface area contributed by atoms with Crippen molar-refractivity contribution in [3.63, 3.8) is 0 Å². The van der Waals surface area contributed by atoms with Gasteiger partial charge in [-0.25, -0.2) is 19.2 Å². The highest BCUT2D eigenvalue weighted by atomic mass is 32.1. The van der Waals surface area contributed by atoms with Crippen molar-refractivity contribution in [1.29, 1.82) is 5.26 Å². The number of likely N-dealkylation sites (tertiary alicyclic amines) is 1. The summed E-state index contributed by atoms with van der Waals surface area (Å²) >= 11 is 1.11. The number of nitrogens with zero attached hydrogens (tertiary/aromatic N) is 4. The molecular formula is C30H25FN6O6S. The Labute approximate surface area is 254 Å². The number of amides is 3. The Balaban J connectivity index is 1.59. The van der Waals surface area contributed by atoms with Gasteiger partial charge in [0, 0.05) is 48.1 Å². The normalized spacial score (nSPS) is 14.1. The lowest BCUT2D eigenvalue weighted by molar-refractivity contribution is -0.119. The monoisotopic (exact) mass is 616 g/mol. The molecule has 1 saturated heterocycles. The molecule has 0 saturated carbocycles. The van der Waals surface area contributed by atoms with Gasteiger partial charge in [0.25, 0.3) is 5.91 Å². The number of nitriles is 1. The molecule has 0 spiro atoms. The summed E-state index contributed by atoms with van der Waals surface area (Å²) in [5.74, 6) is -1.56. The molecule has 0 unspecified atom stereocenters. The molecule has 12 nitrogen and oxygen atoms in total. The van der Waals surface area contributed by atoms with Crippen molar-refractivity contribution in [1.82, 2.24) is 14.9 Å². The molecule has 2 aromatic carbocycles. The quantitative estimate of drug-likeness (QED) is 0.214. The highest BCUT2D eigenvalue weighted by molar-refractivity contribution is 7.11. The van der Waals surface area contributed by atoms with Gasteiger partial charge in [0.05, 0.1) is 5.69 Å². The number of hydrogen-bond donors (Lipinski definition) is 3. The number of halogens is 1. The summed E-state index contributed by atoms with van der Waals surface area (Å²) in [4.78, 5) is 47.2. The van der Waals surface area contributed by atoms with E-state index in [0.29, 0.717) is 35.2 Å². The average molecular weight is 617 g/mol. The Kier molecular flexibility index (Phi) is 9.08. The zero-order valence-electron chi connectivity index (χ0n) is 23.2. The first kappa shape index (κ1) is 30.1. The summed E-state index contributed by atoms with van der Waals surface area (Å²) in [6.45, 7) is 0.100. The highest BCUT2D eigenvalue weighted by Gasteiger charge is 2.34. The minimum absolute atomic E-state index is 0.0245. The second-order valence-corrected chi connectivity index (χ2v) is 10.5. The molecule has 3 heterocycles. The Morgan fingerprint density at radius 1 is 1.18 bits per heavy atom. The maximum Gasteiger partial charge on any atom is 0.407 e. The number of nitrogens with one attached hydrogen (secondary N) is 2. The van der Waals surface area contributed by atoms with Gasteiger partial charge in [0.1, 0.15) is 29.2 Å². The summed E-state index contributed by atoms with van der Waals surface area (Å²) in [7, 11) is 1.42. The number of benzene rings is 2. The largest absolute Gasteiger partial charge is 0.467 e. The number of pyridine rings is 1. The topological polar surface area (TPSA) is 167 Å². The van der Waals surface area contributed by atoms with Crippen molar-refractivity contribution < 1.29 is 33.4 Å². The lowest BCUT2D eigenvalue weighted by atomic mass is 9.97. The molecule has 14 heteroatoms. The number of aromatic nitrogens is 2. The van der Waals surface area contributed by atoms with Gasteiger partial charge in [-0.15, -0.1) is 11.3 Å². The first-order valence-electron chi connectivity index (χ1n) is 13.3. The third-order valence-corrected chi connectivity index (χ3v) is 7.56. The molecule has 3 N–H and O–H groups in total. The highest BCUT2D eigenvalue weighted by Crippen LogP contribution is 2.37. The van der Waals surface area contributed by atoms with Crippen molar-refractivity contribution in [3.8, 4) is 34.2 Å². The molecule has 224 valence electrons. The van der Waals surface area contributed by atoms with Gasteiger partial charge in [-0.3, -0.25) is 14.5 Å². The van der Waals surface area contributed by atoms with Crippen molar-refractivity contribution in [2.45, 2.75) is 18.9 Å². The van der Waals surface area contributed by atoms with Crippen LogP contribution in [0.15, 0.2) is 60.1 Å². The molecule has 44 heavy (non-hydrogen) atoms. The molecule has 0 bridgehead atoms. The fourth-order valence-corrected chi connectivity index (χ4v) is 5.35. The SMILES string of the molecule is COCOc1cc(F)ccc1-c1cc(-c2cccc(NC(=O)[C@H]3CCCN3C(=O)O)c2)c(C#N)c(NC(=O)c2nccs2)n1. The number of rotatable bonds is 9. The molecule has 1 aliphatic heterocycles. The second-order valence-electron chi connectivity index (χ2n) is 9.58. The number of hydrogen-bond acceptors (Lipinski definition) is 9. The van der Waals surface area contributed by atoms with E-state index < -0.39 is 29.8 Å². The molecule has 5 rings (SSSR count). The lowest BCUT2D eigenvalue weighted by Gasteiger charge is -2.21. The van der Waals surface area contributed by atoms with Gasteiger partial charge in [0.2, 0.25) is 5.91 Å². The molecule has 1 fully saturated rings. The van der Waals surface area contributed by atoms with Gasteiger partial charge >= 0.3 is 6.09 Å². The van der Waals surface area contributed by atoms with Crippen LogP contribution in [0, 0.1) is 17.1 Å². The number of methoxy groups -OCH3 is 1. The van der Waals surface area contributed by atoms with Gasteiger partial charge in [-0.2, -0.15) is 5.26 Å². The fourth-order valence-electron chi connectivity index (χ4n) is 4.82. The molecule has 4 aromatic rings.